The lowest BCUT2D eigenvalue weighted by molar-refractivity contribution is 0.615. The summed E-state index contributed by atoms with van der Waals surface area (Å²) in [5.74, 6) is 0.771. The molecule has 23 heavy (non-hydrogen) atoms. The van der Waals surface area contributed by atoms with Crippen LogP contribution >= 0.6 is 0 Å². The summed E-state index contributed by atoms with van der Waals surface area (Å²) in [4.78, 5) is 30.7. The molecule has 0 spiro atoms. The molecule has 0 bridgehead atoms. The van der Waals surface area contributed by atoms with E-state index in [1.165, 1.54) is 4.57 Å². The van der Waals surface area contributed by atoms with Gasteiger partial charge in [-0.05, 0) is 12.3 Å². The maximum absolute atomic E-state index is 12.2. The van der Waals surface area contributed by atoms with Crippen LogP contribution in [0, 0.1) is 5.92 Å². The lowest BCUT2D eigenvalue weighted by atomic mass is 10.2. The molecule has 0 amide bonds. The lowest BCUT2D eigenvalue weighted by Crippen LogP contribution is -2.29. The number of anilines is 1. The van der Waals surface area contributed by atoms with Crippen LogP contribution in [0.1, 0.15) is 40.0 Å². The van der Waals surface area contributed by atoms with Crippen molar-refractivity contribution in [3.8, 4) is 0 Å². The number of hydrogen-bond acceptors (Lipinski definition) is 5. The van der Waals surface area contributed by atoms with Gasteiger partial charge in [0, 0.05) is 19.8 Å². The molecule has 0 unspecified atom stereocenters. The van der Waals surface area contributed by atoms with Crippen molar-refractivity contribution < 1.29 is 0 Å². The number of aryl methyl sites for hydroxylation is 2. The molecule has 0 fully saturated rings. The van der Waals surface area contributed by atoms with Crippen LogP contribution in [0.5, 0.6) is 0 Å². The summed E-state index contributed by atoms with van der Waals surface area (Å²) < 4.78 is 3.13. The van der Waals surface area contributed by atoms with Crippen molar-refractivity contribution in [2.75, 3.05) is 5.43 Å². The second-order valence-electron chi connectivity index (χ2n) is 5.92. The summed E-state index contributed by atoms with van der Waals surface area (Å²) in [5, 5.41) is 4.15. The number of aromatic amines is 1. The fourth-order valence-electron chi connectivity index (χ4n) is 2.30. The van der Waals surface area contributed by atoms with Gasteiger partial charge < -0.3 is 4.57 Å². The Morgan fingerprint density at radius 2 is 2.09 bits per heavy atom. The van der Waals surface area contributed by atoms with Crippen LogP contribution in [-0.2, 0) is 13.6 Å². The maximum Gasteiger partial charge on any atom is 0.329 e. The molecule has 2 heterocycles. The third-order valence-corrected chi connectivity index (χ3v) is 3.53. The van der Waals surface area contributed by atoms with E-state index in [2.05, 4.69) is 27.4 Å². The number of hydrazone groups is 1. The Morgan fingerprint density at radius 1 is 1.35 bits per heavy atom. The van der Waals surface area contributed by atoms with Crippen LogP contribution in [0.2, 0.25) is 0 Å². The minimum Gasteiger partial charge on any atom is -0.303 e. The monoisotopic (exact) mass is 320 g/mol. The van der Waals surface area contributed by atoms with E-state index in [-0.39, 0.29) is 0 Å². The van der Waals surface area contributed by atoms with Crippen LogP contribution < -0.4 is 16.7 Å². The average molecular weight is 320 g/mol. The van der Waals surface area contributed by atoms with Gasteiger partial charge in [0.05, 0.1) is 0 Å². The van der Waals surface area contributed by atoms with Crippen LogP contribution in [0.15, 0.2) is 14.7 Å². The van der Waals surface area contributed by atoms with Crippen molar-refractivity contribution in [1.82, 2.24) is 19.1 Å². The Bertz CT molecular complexity index is 812. The van der Waals surface area contributed by atoms with Gasteiger partial charge in [0.15, 0.2) is 11.2 Å². The van der Waals surface area contributed by atoms with Gasteiger partial charge in [-0.1, -0.05) is 33.6 Å². The second kappa shape index (κ2) is 7.26. The molecule has 2 rings (SSSR count). The van der Waals surface area contributed by atoms with E-state index in [0.29, 0.717) is 29.6 Å². The standard InChI is InChI=1S/C15H24N6O2/c1-5-6-7-8-21-11-12(20(4)15(23)18-13(11)22)17-14(21)19-16-9-10(2)3/h9-10H,5-8H2,1-4H3,(H,17,19)(H,18,22,23)/b16-9+. The van der Waals surface area contributed by atoms with Gasteiger partial charge in [-0.2, -0.15) is 10.1 Å². The summed E-state index contributed by atoms with van der Waals surface area (Å²) in [5.41, 5.74) is 2.74. The van der Waals surface area contributed by atoms with Gasteiger partial charge >= 0.3 is 5.69 Å². The number of aromatic nitrogens is 4. The number of hydrogen-bond donors (Lipinski definition) is 2. The van der Waals surface area contributed by atoms with E-state index in [1.54, 1.807) is 17.8 Å². The first-order chi connectivity index (χ1) is 11.0. The minimum atomic E-state index is -0.474. The molecule has 0 aliphatic heterocycles. The van der Waals surface area contributed by atoms with E-state index in [0.717, 1.165) is 19.3 Å². The van der Waals surface area contributed by atoms with Crippen LogP contribution in [0.25, 0.3) is 11.2 Å². The summed E-state index contributed by atoms with van der Waals surface area (Å²) in [6.45, 7) is 6.80. The van der Waals surface area contributed by atoms with E-state index < -0.39 is 11.2 Å². The molecule has 8 heteroatoms. The van der Waals surface area contributed by atoms with Gasteiger partial charge in [-0.15, -0.1) is 0 Å². The summed E-state index contributed by atoms with van der Waals surface area (Å²) >= 11 is 0. The smallest absolute Gasteiger partial charge is 0.303 e. The van der Waals surface area contributed by atoms with Crippen LogP contribution in [0.4, 0.5) is 5.95 Å². The Hall–Kier alpha value is -2.38. The van der Waals surface area contributed by atoms with Crippen molar-refractivity contribution in [2.24, 2.45) is 18.1 Å². The normalized spacial score (nSPS) is 11.9. The lowest BCUT2D eigenvalue weighted by Gasteiger charge is -2.07. The first-order valence-electron chi connectivity index (χ1n) is 7.94. The number of nitrogens with one attached hydrogen (secondary N) is 2. The number of fused-ring (bicyclic) bond motifs is 1. The van der Waals surface area contributed by atoms with Crippen molar-refractivity contribution in [1.29, 1.82) is 0 Å². The Labute approximate surface area is 134 Å². The highest BCUT2D eigenvalue weighted by Gasteiger charge is 2.16. The summed E-state index contributed by atoms with van der Waals surface area (Å²) in [6.07, 6.45) is 4.82. The zero-order valence-corrected chi connectivity index (χ0v) is 14.1. The molecule has 0 saturated carbocycles. The topological polar surface area (TPSA) is 97.1 Å². The molecular weight excluding hydrogens is 296 g/mol. The molecule has 0 aliphatic carbocycles. The van der Waals surface area contributed by atoms with E-state index in [9.17, 15) is 9.59 Å². The minimum absolute atomic E-state index is 0.299. The Kier molecular flexibility index (Phi) is 5.36. The van der Waals surface area contributed by atoms with Gasteiger partial charge in [-0.25, -0.2) is 10.2 Å². The zero-order valence-electron chi connectivity index (χ0n) is 14.1. The van der Waals surface area contributed by atoms with E-state index >= 15 is 0 Å². The van der Waals surface area contributed by atoms with E-state index in [1.807, 2.05) is 13.8 Å². The molecular formula is C15H24N6O2. The van der Waals surface area contributed by atoms with Crippen molar-refractivity contribution in [3.63, 3.8) is 0 Å². The Balaban J connectivity index is 2.53. The predicted octanol–water partition coefficient (Wildman–Crippen LogP) is 1.67. The van der Waals surface area contributed by atoms with Crippen molar-refractivity contribution in [2.45, 2.75) is 46.6 Å². The zero-order chi connectivity index (χ0) is 17.0. The van der Waals surface area contributed by atoms with Crippen LogP contribution in [-0.4, -0.2) is 25.3 Å². The number of unbranched alkanes of at least 4 members (excludes halogenated alkanes) is 2. The number of rotatable bonds is 7. The highest BCUT2D eigenvalue weighted by Crippen LogP contribution is 2.16. The predicted molar refractivity (Wildman–Crippen MR) is 92.1 cm³/mol. The molecule has 2 aromatic rings. The van der Waals surface area contributed by atoms with Crippen LogP contribution in [0.3, 0.4) is 0 Å². The van der Waals surface area contributed by atoms with Gasteiger partial charge in [0.25, 0.3) is 5.56 Å². The molecule has 8 nitrogen and oxygen atoms in total. The molecule has 2 N–H and O–H groups in total. The van der Waals surface area contributed by atoms with Crippen molar-refractivity contribution >= 4 is 23.3 Å². The number of imidazole rings is 1. The number of H-pyrrole nitrogens is 1. The highest BCUT2D eigenvalue weighted by atomic mass is 16.2. The molecule has 0 atom stereocenters. The summed E-state index contributed by atoms with van der Waals surface area (Å²) in [7, 11) is 1.59. The maximum atomic E-state index is 12.2. The third kappa shape index (κ3) is 3.69. The van der Waals surface area contributed by atoms with Gasteiger partial charge in [-0.3, -0.25) is 14.3 Å². The second-order valence-corrected chi connectivity index (χ2v) is 5.92. The quantitative estimate of drug-likeness (QED) is 0.460. The average Bonchev–Trinajstić information content (AvgIpc) is 2.84. The first kappa shape index (κ1) is 17.0. The number of nitrogens with zero attached hydrogens (tertiary/aromatic N) is 4. The largest absolute Gasteiger partial charge is 0.329 e. The van der Waals surface area contributed by atoms with E-state index in [4.69, 9.17) is 0 Å². The fraction of sp³-hybridized carbons (Fsp3) is 0.600. The van der Waals surface area contributed by atoms with Crippen molar-refractivity contribution in [3.05, 3.63) is 20.8 Å². The van der Waals surface area contributed by atoms with Gasteiger partial charge in [0.1, 0.15) is 0 Å². The third-order valence-electron chi connectivity index (χ3n) is 3.53. The Morgan fingerprint density at radius 3 is 2.74 bits per heavy atom. The molecule has 2 aromatic heterocycles. The highest BCUT2D eigenvalue weighted by molar-refractivity contribution is 5.74. The molecule has 126 valence electrons. The summed E-state index contributed by atoms with van der Waals surface area (Å²) in [6, 6.07) is 0. The molecule has 0 aromatic carbocycles. The molecule has 0 saturated heterocycles. The SMILES string of the molecule is CCCCCn1c(N/N=C/C(C)C)nc2c1c(=O)[nH]c(=O)n2C. The van der Waals surface area contributed by atoms with Gasteiger partial charge in [0.2, 0.25) is 5.95 Å². The first-order valence-corrected chi connectivity index (χ1v) is 7.94. The molecule has 0 radical (unpaired) electrons. The molecule has 0 aliphatic rings. The fourth-order valence-corrected chi connectivity index (χ4v) is 2.30.